The number of imidazole rings is 1. The van der Waals surface area contributed by atoms with Crippen molar-refractivity contribution in [1.82, 2.24) is 29.7 Å². The van der Waals surface area contributed by atoms with Crippen molar-refractivity contribution in [3.8, 4) is 0 Å². The van der Waals surface area contributed by atoms with Crippen molar-refractivity contribution < 1.29 is 19.0 Å². The molecule has 0 unspecified atom stereocenters. The topological polar surface area (TPSA) is 130 Å². The maximum atomic E-state index is 12.3. The van der Waals surface area contributed by atoms with Gasteiger partial charge in [0.15, 0.2) is 23.5 Å². The van der Waals surface area contributed by atoms with Gasteiger partial charge in [-0.2, -0.15) is 0 Å². The van der Waals surface area contributed by atoms with Crippen LogP contribution in [0.1, 0.15) is 37.6 Å². The van der Waals surface area contributed by atoms with E-state index in [9.17, 15) is 4.79 Å². The molecule has 3 N–H and O–H groups in total. The molecular weight excluding hydrogens is 474 g/mol. The molecule has 37 heavy (non-hydrogen) atoms. The van der Waals surface area contributed by atoms with Crippen molar-refractivity contribution in [2.24, 2.45) is 0 Å². The largest absolute Gasteiger partial charge is 0.382 e. The SMILES string of the molecule is Cc1ccc(CCC(=O)NCCN(C)C[C@H]2O[C@@H](n3cnc4c(N)ncnc43)[C@@H]3OC(C)(C)O[C@@H]32)cc1. The molecule has 0 radical (unpaired) electrons. The Kier molecular flexibility index (Phi) is 7.13. The van der Waals surface area contributed by atoms with Crippen LogP contribution in [0.3, 0.4) is 0 Å². The van der Waals surface area contributed by atoms with Crippen LogP contribution in [0.5, 0.6) is 0 Å². The van der Waals surface area contributed by atoms with Crippen LogP contribution in [0, 0.1) is 6.92 Å². The fourth-order valence-electron chi connectivity index (χ4n) is 4.97. The van der Waals surface area contributed by atoms with E-state index in [2.05, 4.69) is 56.4 Å². The van der Waals surface area contributed by atoms with E-state index in [0.717, 1.165) is 6.42 Å². The van der Waals surface area contributed by atoms with Gasteiger partial charge in [0.1, 0.15) is 30.2 Å². The first-order valence-electron chi connectivity index (χ1n) is 12.6. The van der Waals surface area contributed by atoms with E-state index in [1.165, 1.54) is 17.5 Å². The number of ether oxygens (including phenoxy) is 3. The summed E-state index contributed by atoms with van der Waals surface area (Å²) in [5.41, 5.74) is 9.48. The normalized spacial score (nSPS) is 24.6. The number of fused-ring (bicyclic) bond motifs is 2. The van der Waals surface area contributed by atoms with E-state index >= 15 is 0 Å². The number of nitrogens with two attached hydrogens (primary N) is 1. The Morgan fingerprint density at radius 3 is 2.70 bits per heavy atom. The molecule has 2 aromatic heterocycles. The van der Waals surface area contributed by atoms with Crippen molar-refractivity contribution in [2.45, 2.75) is 63.9 Å². The van der Waals surface area contributed by atoms with E-state index < -0.39 is 12.0 Å². The molecule has 0 aliphatic carbocycles. The van der Waals surface area contributed by atoms with Gasteiger partial charge in [0.05, 0.1) is 6.33 Å². The zero-order valence-corrected chi connectivity index (χ0v) is 21.8. The van der Waals surface area contributed by atoms with Crippen LogP contribution in [0.2, 0.25) is 0 Å². The van der Waals surface area contributed by atoms with Crippen LogP contribution in [-0.4, -0.2) is 81.1 Å². The lowest BCUT2D eigenvalue weighted by Gasteiger charge is -2.27. The highest BCUT2D eigenvalue weighted by Gasteiger charge is 2.56. The number of aromatic nitrogens is 4. The third-order valence-corrected chi connectivity index (χ3v) is 6.86. The molecule has 1 amide bonds. The van der Waals surface area contributed by atoms with Gasteiger partial charge in [-0.25, -0.2) is 15.0 Å². The summed E-state index contributed by atoms with van der Waals surface area (Å²) < 4.78 is 20.8. The van der Waals surface area contributed by atoms with Gasteiger partial charge in [-0.15, -0.1) is 0 Å². The second-order valence-corrected chi connectivity index (χ2v) is 10.3. The molecule has 198 valence electrons. The summed E-state index contributed by atoms with van der Waals surface area (Å²) >= 11 is 0. The van der Waals surface area contributed by atoms with Crippen LogP contribution in [-0.2, 0) is 25.4 Å². The number of anilines is 1. The number of rotatable bonds is 9. The predicted octanol–water partition coefficient (Wildman–Crippen LogP) is 1.82. The fraction of sp³-hybridized carbons (Fsp3) is 0.538. The molecule has 3 aromatic rings. The van der Waals surface area contributed by atoms with E-state index in [1.54, 1.807) is 6.33 Å². The molecule has 5 rings (SSSR count). The lowest BCUT2D eigenvalue weighted by atomic mass is 10.1. The van der Waals surface area contributed by atoms with Gasteiger partial charge in [-0.3, -0.25) is 9.36 Å². The highest BCUT2D eigenvalue weighted by Crippen LogP contribution is 2.44. The summed E-state index contributed by atoms with van der Waals surface area (Å²) in [6.07, 6.45) is 2.97. The second kappa shape index (κ2) is 10.3. The first-order chi connectivity index (χ1) is 17.7. The maximum Gasteiger partial charge on any atom is 0.220 e. The highest BCUT2D eigenvalue weighted by atomic mass is 16.8. The number of hydrogen-bond donors (Lipinski definition) is 2. The van der Waals surface area contributed by atoms with Crippen molar-refractivity contribution >= 4 is 22.9 Å². The van der Waals surface area contributed by atoms with Crippen molar-refractivity contribution in [1.29, 1.82) is 0 Å². The van der Waals surface area contributed by atoms with E-state index in [0.29, 0.717) is 43.0 Å². The molecule has 0 saturated carbocycles. The molecule has 11 nitrogen and oxygen atoms in total. The number of nitrogens with zero attached hydrogens (tertiary/aromatic N) is 5. The summed E-state index contributed by atoms with van der Waals surface area (Å²) in [5, 5.41) is 3.02. The number of carbonyl (C=O) groups excluding carboxylic acids is 1. The molecule has 2 aliphatic heterocycles. The molecule has 2 aliphatic rings. The lowest BCUT2D eigenvalue weighted by Crippen LogP contribution is -2.41. The van der Waals surface area contributed by atoms with E-state index in [-0.39, 0.29) is 24.2 Å². The summed E-state index contributed by atoms with van der Waals surface area (Å²) in [6.45, 7) is 7.71. The minimum absolute atomic E-state index is 0.0498. The summed E-state index contributed by atoms with van der Waals surface area (Å²) in [6, 6.07) is 8.29. The number of amides is 1. The number of hydrogen-bond acceptors (Lipinski definition) is 9. The van der Waals surface area contributed by atoms with E-state index in [1.807, 2.05) is 25.5 Å². The van der Waals surface area contributed by atoms with Crippen LogP contribution >= 0.6 is 0 Å². The number of nitrogen functional groups attached to an aromatic ring is 1. The van der Waals surface area contributed by atoms with Gasteiger partial charge < -0.3 is 30.2 Å². The first kappa shape index (κ1) is 25.5. The monoisotopic (exact) mass is 509 g/mol. The van der Waals surface area contributed by atoms with Gasteiger partial charge >= 0.3 is 0 Å². The summed E-state index contributed by atoms with van der Waals surface area (Å²) in [5.74, 6) is -0.363. The number of nitrogens with one attached hydrogen (secondary N) is 1. The summed E-state index contributed by atoms with van der Waals surface area (Å²) in [7, 11) is 2.01. The molecule has 2 fully saturated rings. The van der Waals surface area contributed by atoms with Crippen molar-refractivity contribution in [2.75, 3.05) is 32.4 Å². The van der Waals surface area contributed by atoms with Gasteiger partial charge in [0.25, 0.3) is 0 Å². The third-order valence-electron chi connectivity index (χ3n) is 6.86. The van der Waals surface area contributed by atoms with Gasteiger partial charge in [0, 0.05) is 26.1 Å². The molecule has 0 bridgehead atoms. The summed E-state index contributed by atoms with van der Waals surface area (Å²) in [4.78, 5) is 27.2. The zero-order valence-electron chi connectivity index (χ0n) is 21.8. The number of likely N-dealkylation sites (N-methyl/N-ethyl adjacent to an activating group) is 1. The van der Waals surface area contributed by atoms with Crippen LogP contribution in [0.15, 0.2) is 36.9 Å². The minimum Gasteiger partial charge on any atom is -0.382 e. The Morgan fingerprint density at radius 2 is 1.92 bits per heavy atom. The van der Waals surface area contributed by atoms with Crippen molar-refractivity contribution in [3.63, 3.8) is 0 Å². The third kappa shape index (κ3) is 5.59. The fourth-order valence-corrected chi connectivity index (χ4v) is 4.97. The maximum absolute atomic E-state index is 12.3. The minimum atomic E-state index is -0.732. The number of carbonyl (C=O) groups is 1. The zero-order chi connectivity index (χ0) is 26.2. The molecule has 1 aromatic carbocycles. The smallest absolute Gasteiger partial charge is 0.220 e. The molecule has 4 atom stereocenters. The lowest BCUT2D eigenvalue weighted by molar-refractivity contribution is -0.197. The van der Waals surface area contributed by atoms with Gasteiger partial charge in [-0.1, -0.05) is 29.8 Å². The molecule has 4 heterocycles. The van der Waals surface area contributed by atoms with Gasteiger partial charge in [-0.05, 0) is 39.8 Å². The quantitative estimate of drug-likeness (QED) is 0.444. The standard InChI is InChI=1S/C26H35N7O4/c1-16-5-7-17(8-6-16)9-10-19(34)28-11-12-32(4)13-18-21-22(37-26(2,3)36-21)25(35-18)33-15-31-20-23(27)29-14-30-24(20)33/h5-8,14-15,18,21-22,25H,9-13H2,1-4H3,(H,28,34)(H2,27,29,30)/t18-,21-,22-,25-/m1/s1. The number of benzene rings is 1. The van der Waals surface area contributed by atoms with Crippen molar-refractivity contribution in [3.05, 3.63) is 48.0 Å². The Bertz CT molecular complexity index is 1250. The first-order valence-corrected chi connectivity index (χ1v) is 12.6. The van der Waals surface area contributed by atoms with Crippen LogP contribution < -0.4 is 11.1 Å². The second-order valence-electron chi connectivity index (χ2n) is 10.3. The van der Waals surface area contributed by atoms with Gasteiger partial charge in [0.2, 0.25) is 5.91 Å². The highest BCUT2D eigenvalue weighted by molar-refractivity contribution is 5.81. The molecule has 11 heteroatoms. The molecule has 0 spiro atoms. The Balaban J connectivity index is 1.16. The average molecular weight is 510 g/mol. The Labute approximate surface area is 216 Å². The Hall–Kier alpha value is -3.12. The molecular formula is C26H35N7O4. The van der Waals surface area contributed by atoms with E-state index in [4.69, 9.17) is 19.9 Å². The van der Waals surface area contributed by atoms with Crippen LogP contribution in [0.4, 0.5) is 5.82 Å². The van der Waals surface area contributed by atoms with Crippen LogP contribution in [0.25, 0.3) is 11.2 Å². The predicted molar refractivity (Wildman–Crippen MR) is 137 cm³/mol. The average Bonchev–Trinajstić information content (AvgIpc) is 3.51. The molecule has 2 saturated heterocycles. The number of aryl methyl sites for hydroxylation is 2. The Morgan fingerprint density at radius 1 is 1.16 bits per heavy atom.